The second-order valence-corrected chi connectivity index (χ2v) is 7.36. The zero-order valence-electron chi connectivity index (χ0n) is 15.6. The van der Waals surface area contributed by atoms with Crippen LogP contribution in [0, 0.1) is 5.92 Å². The molecule has 2 heterocycles. The largest absolute Gasteiger partial charge is 0.494 e. The molecule has 1 aromatic rings. The van der Waals surface area contributed by atoms with E-state index in [-0.39, 0.29) is 17.8 Å². The third kappa shape index (κ3) is 4.91. The number of piperidine rings is 1. The van der Waals surface area contributed by atoms with Crippen LogP contribution in [-0.4, -0.2) is 48.2 Å². The van der Waals surface area contributed by atoms with Gasteiger partial charge in [0.25, 0.3) is 5.91 Å². The molecule has 2 aliphatic heterocycles. The number of hydrogen-bond donors (Lipinski definition) is 0. The van der Waals surface area contributed by atoms with E-state index in [0.717, 1.165) is 30.7 Å². The quantitative estimate of drug-likeness (QED) is 0.569. The van der Waals surface area contributed by atoms with Gasteiger partial charge in [-0.3, -0.25) is 9.59 Å². The first kappa shape index (κ1) is 19.5. The molecule has 1 fully saturated rings. The maximum absolute atomic E-state index is 12.3. The van der Waals surface area contributed by atoms with E-state index in [1.54, 1.807) is 0 Å². The number of hydrogen-bond acceptors (Lipinski definition) is 6. The van der Waals surface area contributed by atoms with Gasteiger partial charge in [-0.15, -0.1) is 0 Å². The summed E-state index contributed by atoms with van der Waals surface area (Å²) in [6.45, 7) is 6.11. The summed E-state index contributed by atoms with van der Waals surface area (Å²) >= 11 is 1.37. The molecule has 0 aromatic heterocycles. The van der Waals surface area contributed by atoms with Gasteiger partial charge in [0, 0.05) is 13.1 Å². The van der Waals surface area contributed by atoms with Crippen LogP contribution in [-0.2, 0) is 14.3 Å². The molecule has 1 unspecified atom stereocenters. The Morgan fingerprint density at radius 2 is 2.07 bits per heavy atom. The molecular weight excluding hydrogens is 364 g/mol. The number of likely N-dealkylation sites (tertiary alicyclic amines) is 1. The van der Waals surface area contributed by atoms with Crippen LogP contribution >= 0.6 is 11.8 Å². The summed E-state index contributed by atoms with van der Waals surface area (Å²) in [5.41, 5.74) is 0.925. The molecule has 2 aliphatic rings. The summed E-state index contributed by atoms with van der Waals surface area (Å²) in [4.78, 5) is 31.1. The normalized spacial score (nSPS) is 21.3. The van der Waals surface area contributed by atoms with E-state index in [0.29, 0.717) is 29.8 Å². The van der Waals surface area contributed by atoms with Crippen LogP contribution in [0.25, 0.3) is 6.08 Å². The number of rotatable bonds is 5. The van der Waals surface area contributed by atoms with Gasteiger partial charge in [-0.05, 0) is 62.2 Å². The Labute approximate surface area is 163 Å². The fourth-order valence-electron chi connectivity index (χ4n) is 3.11. The number of amides is 1. The van der Waals surface area contributed by atoms with Crippen molar-refractivity contribution in [2.75, 3.05) is 26.3 Å². The van der Waals surface area contributed by atoms with Gasteiger partial charge < -0.3 is 14.4 Å². The molecule has 144 valence electrons. The molecule has 0 aliphatic carbocycles. The molecule has 0 saturated carbocycles. The van der Waals surface area contributed by atoms with Crippen molar-refractivity contribution in [1.82, 2.24) is 4.90 Å². The number of carbonyl (C=O) groups is 2. The van der Waals surface area contributed by atoms with Gasteiger partial charge in [0.1, 0.15) is 5.75 Å². The minimum absolute atomic E-state index is 0.156. The summed E-state index contributed by atoms with van der Waals surface area (Å²) in [5.74, 6) is 0.251. The van der Waals surface area contributed by atoms with Crippen LogP contribution in [0.1, 0.15) is 32.3 Å². The monoisotopic (exact) mass is 388 g/mol. The molecule has 0 N–H and O–H groups in total. The van der Waals surface area contributed by atoms with Gasteiger partial charge >= 0.3 is 5.97 Å². The first-order valence-corrected chi connectivity index (χ1v) is 10.1. The maximum Gasteiger partial charge on any atom is 0.310 e. The van der Waals surface area contributed by atoms with Crippen LogP contribution in [0.4, 0.5) is 0 Å². The number of amidine groups is 1. The van der Waals surface area contributed by atoms with Crippen molar-refractivity contribution in [3.8, 4) is 5.75 Å². The Balaban J connectivity index is 1.65. The van der Waals surface area contributed by atoms with E-state index in [1.807, 2.05) is 49.1 Å². The standard InChI is InChI=1S/C20H24N2O4S/c1-3-25-16-9-7-14(8-10-16)12-17-18(23)21-20(27-17)22-11-5-6-15(13-22)19(24)26-4-2/h7-10,12,15H,3-6,11,13H2,1-2H3/b17-12-. The fraction of sp³-hybridized carbons (Fsp3) is 0.450. The Hall–Kier alpha value is -2.28. The number of esters is 1. The Morgan fingerprint density at radius 3 is 2.78 bits per heavy atom. The molecule has 3 rings (SSSR count). The number of ether oxygens (including phenoxy) is 2. The molecule has 1 amide bonds. The molecular formula is C20H24N2O4S. The van der Waals surface area contributed by atoms with E-state index < -0.39 is 0 Å². The Morgan fingerprint density at radius 1 is 1.30 bits per heavy atom. The van der Waals surface area contributed by atoms with Crippen LogP contribution in [0.15, 0.2) is 34.2 Å². The Bertz CT molecular complexity index is 758. The molecule has 7 heteroatoms. The van der Waals surface area contributed by atoms with Gasteiger partial charge in [-0.25, -0.2) is 0 Å². The van der Waals surface area contributed by atoms with Crippen LogP contribution < -0.4 is 4.74 Å². The lowest BCUT2D eigenvalue weighted by Gasteiger charge is -2.32. The lowest BCUT2D eigenvalue weighted by Crippen LogP contribution is -2.41. The predicted octanol–water partition coefficient (Wildman–Crippen LogP) is 3.33. The van der Waals surface area contributed by atoms with Crippen LogP contribution in [0.3, 0.4) is 0 Å². The first-order valence-electron chi connectivity index (χ1n) is 9.27. The second kappa shape index (κ2) is 9.08. The van der Waals surface area contributed by atoms with Gasteiger partial charge in [0.15, 0.2) is 5.17 Å². The maximum atomic E-state index is 12.3. The SMILES string of the molecule is CCOC(=O)C1CCCN(C2=NC(=O)/C(=C/c3ccc(OCC)cc3)S2)C1. The molecule has 1 aromatic carbocycles. The Kier molecular flexibility index (Phi) is 6.55. The van der Waals surface area contributed by atoms with Crippen molar-refractivity contribution in [2.45, 2.75) is 26.7 Å². The number of carbonyl (C=O) groups excluding carboxylic acids is 2. The highest BCUT2D eigenvalue weighted by Gasteiger charge is 2.32. The molecule has 0 radical (unpaired) electrons. The van der Waals surface area contributed by atoms with Crippen molar-refractivity contribution >= 4 is 34.9 Å². The third-order valence-electron chi connectivity index (χ3n) is 4.41. The summed E-state index contributed by atoms with van der Waals surface area (Å²) < 4.78 is 10.6. The van der Waals surface area contributed by atoms with Crippen molar-refractivity contribution in [1.29, 1.82) is 0 Å². The third-order valence-corrected chi connectivity index (χ3v) is 5.45. The van der Waals surface area contributed by atoms with E-state index in [1.165, 1.54) is 11.8 Å². The average molecular weight is 388 g/mol. The summed E-state index contributed by atoms with van der Waals surface area (Å²) in [7, 11) is 0. The van der Waals surface area contributed by atoms with Crippen LogP contribution in [0.5, 0.6) is 5.75 Å². The summed E-state index contributed by atoms with van der Waals surface area (Å²) in [5, 5.41) is 0.672. The molecule has 1 saturated heterocycles. The molecule has 0 spiro atoms. The number of thioether (sulfide) groups is 1. The number of benzene rings is 1. The zero-order valence-corrected chi connectivity index (χ0v) is 16.5. The molecule has 1 atom stereocenters. The number of aliphatic imine (C=N–C) groups is 1. The topological polar surface area (TPSA) is 68.2 Å². The molecule has 27 heavy (non-hydrogen) atoms. The van der Waals surface area contributed by atoms with Crippen molar-refractivity contribution < 1.29 is 19.1 Å². The fourth-order valence-corrected chi connectivity index (χ4v) is 4.06. The van der Waals surface area contributed by atoms with E-state index in [4.69, 9.17) is 9.47 Å². The van der Waals surface area contributed by atoms with E-state index in [9.17, 15) is 9.59 Å². The smallest absolute Gasteiger partial charge is 0.310 e. The minimum atomic E-state index is -0.234. The highest BCUT2D eigenvalue weighted by Crippen LogP contribution is 2.32. The van der Waals surface area contributed by atoms with E-state index >= 15 is 0 Å². The van der Waals surface area contributed by atoms with Crippen LogP contribution in [0.2, 0.25) is 0 Å². The van der Waals surface area contributed by atoms with Gasteiger partial charge in [-0.2, -0.15) is 4.99 Å². The number of nitrogens with zero attached hydrogens (tertiary/aromatic N) is 2. The van der Waals surface area contributed by atoms with Gasteiger partial charge in [0.05, 0.1) is 24.0 Å². The predicted molar refractivity (Wildman–Crippen MR) is 107 cm³/mol. The highest BCUT2D eigenvalue weighted by atomic mass is 32.2. The van der Waals surface area contributed by atoms with E-state index in [2.05, 4.69) is 4.99 Å². The summed E-state index contributed by atoms with van der Waals surface area (Å²) in [6.07, 6.45) is 3.54. The van der Waals surface area contributed by atoms with Gasteiger partial charge in [0.2, 0.25) is 0 Å². The zero-order chi connectivity index (χ0) is 19.2. The molecule has 6 nitrogen and oxygen atoms in total. The summed E-state index contributed by atoms with van der Waals surface area (Å²) in [6, 6.07) is 7.61. The first-order chi connectivity index (χ1) is 13.1. The minimum Gasteiger partial charge on any atom is -0.494 e. The average Bonchev–Trinajstić information content (AvgIpc) is 3.04. The van der Waals surface area contributed by atoms with Crippen molar-refractivity contribution in [2.24, 2.45) is 10.9 Å². The lowest BCUT2D eigenvalue weighted by molar-refractivity contribution is -0.149. The van der Waals surface area contributed by atoms with Crippen molar-refractivity contribution in [3.05, 3.63) is 34.7 Å². The lowest BCUT2D eigenvalue weighted by atomic mass is 9.99. The van der Waals surface area contributed by atoms with Crippen molar-refractivity contribution in [3.63, 3.8) is 0 Å². The van der Waals surface area contributed by atoms with Gasteiger partial charge in [-0.1, -0.05) is 12.1 Å². The second-order valence-electron chi connectivity index (χ2n) is 6.35. The molecule has 0 bridgehead atoms. The highest BCUT2D eigenvalue weighted by molar-refractivity contribution is 8.18.